The summed E-state index contributed by atoms with van der Waals surface area (Å²) in [5.74, 6) is 0.514. The number of phenols is 2. The molecule has 2 aromatic rings. The summed E-state index contributed by atoms with van der Waals surface area (Å²) < 4.78 is 0. The number of allylic oxidation sites excluding steroid dienone is 6. The summed E-state index contributed by atoms with van der Waals surface area (Å²) in [4.78, 5) is 0. The van der Waals surface area contributed by atoms with Crippen molar-refractivity contribution in [2.45, 2.75) is 40.0 Å². The van der Waals surface area contributed by atoms with Crippen molar-refractivity contribution in [1.82, 2.24) is 0 Å². The predicted molar refractivity (Wildman–Crippen MR) is 113 cm³/mol. The third-order valence-corrected chi connectivity index (χ3v) is 5.27. The second-order valence-corrected chi connectivity index (χ2v) is 7.44. The first-order chi connectivity index (χ1) is 12.9. The number of hydrogen-bond donors (Lipinski definition) is 2. The molecule has 2 heteroatoms. The maximum atomic E-state index is 11.0. The fourth-order valence-electron chi connectivity index (χ4n) is 4.00. The largest absolute Gasteiger partial charge is 0.507 e. The van der Waals surface area contributed by atoms with Gasteiger partial charge in [0.2, 0.25) is 0 Å². The molecule has 2 N–H and O–H groups in total. The number of aryl methyl sites for hydroxylation is 4. The second-order valence-electron chi connectivity index (χ2n) is 7.44. The fourth-order valence-corrected chi connectivity index (χ4v) is 4.00. The number of phenolic OH excluding ortho intramolecular Hbond substituents is 2. The lowest BCUT2D eigenvalue weighted by molar-refractivity contribution is 0.442. The van der Waals surface area contributed by atoms with Gasteiger partial charge in [-0.05, 0) is 38.3 Å². The maximum Gasteiger partial charge on any atom is 0.122 e. The molecule has 0 spiro atoms. The third kappa shape index (κ3) is 3.85. The molecule has 0 saturated carbocycles. The van der Waals surface area contributed by atoms with E-state index in [1.807, 2.05) is 56.4 Å². The normalized spacial score (nSPS) is 15.1. The van der Waals surface area contributed by atoms with E-state index >= 15 is 0 Å². The van der Waals surface area contributed by atoms with Crippen LogP contribution >= 0.6 is 0 Å². The molecule has 2 nitrogen and oxygen atoms in total. The maximum absolute atomic E-state index is 11.0. The smallest absolute Gasteiger partial charge is 0.122 e. The van der Waals surface area contributed by atoms with Crippen LogP contribution in [0.3, 0.4) is 0 Å². The van der Waals surface area contributed by atoms with E-state index in [-0.39, 0.29) is 11.8 Å². The molecule has 2 aromatic carbocycles. The van der Waals surface area contributed by atoms with Crippen LogP contribution in [-0.2, 0) is 6.42 Å². The van der Waals surface area contributed by atoms with Gasteiger partial charge in [0.25, 0.3) is 0 Å². The molecule has 140 valence electrons. The van der Waals surface area contributed by atoms with Gasteiger partial charge in [-0.25, -0.2) is 0 Å². The summed E-state index contributed by atoms with van der Waals surface area (Å²) in [7, 11) is 0. The highest BCUT2D eigenvalue weighted by Gasteiger charge is 2.28. The van der Waals surface area contributed by atoms with E-state index in [1.165, 1.54) is 0 Å². The second kappa shape index (κ2) is 7.87. The molecule has 0 saturated heterocycles. The SMILES string of the molecule is CCc1cc(C)cc(C(c2cc(C)cc(C)c2O)C2C=CC=CC=C2)c1O. The van der Waals surface area contributed by atoms with E-state index in [2.05, 4.69) is 32.1 Å². The quantitative estimate of drug-likeness (QED) is 0.700. The zero-order chi connectivity index (χ0) is 19.6. The molecule has 1 unspecified atom stereocenters. The average molecular weight is 360 g/mol. The number of rotatable bonds is 4. The van der Waals surface area contributed by atoms with E-state index in [9.17, 15) is 10.2 Å². The van der Waals surface area contributed by atoms with Gasteiger partial charge in [0.05, 0.1) is 0 Å². The minimum atomic E-state index is -0.166. The highest BCUT2D eigenvalue weighted by Crippen LogP contribution is 2.44. The van der Waals surface area contributed by atoms with Crippen molar-refractivity contribution in [3.05, 3.63) is 94.1 Å². The van der Waals surface area contributed by atoms with Crippen LogP contribution in [0.15, 0.2) is 60.7 Å². The molecule has 1 aliphatic rings. The molecular weight excluding hydrogens is 332 g/mol. The molecule has 0 aromatic heterocycles. The molecule has 1 atom stereocenters. The molecule has 1 aliphatic carbocycles. The van der Waals surface area contributed by atoms with E-state index in [0.717, 1.165) is 39.8 Å². The zero-order valence-corrected chi connectivity index (χ0v) is 16.5. The van der Waals surface area contributed by atoms with Crippen LogP contribution in [0.4, 0.5) is 0 Å². The van der Waals surface area contributed by atoms with Gasteiger partial charge >= 0.3 is 0 Å². The van der Waals surface area contributed by atoms with Crippen molar-refractivity contribution in [3.8, 4) is 11.5 Å². The molecule has 0 aliphatic heterocycles. The minimum absolute atomic E-state index is 0.0320. The topological polar surface area (TPSA) is 40.5 Å². The summed E-state index contributed by atoms with van der Waals surface area (Å²) in [5.41, 5.74) is 5.75. The van der Waals surface area contributed by atoms with Crippen molar-refractivity contribution >= 4 is 0 Å². The van der Waals surface area contributed by atoms with Gasteiger partial charge in [-0.3, -0.25) is 0 Å². The highest BCUT2D eigenvalue weighted by atomic mass is 16.3. The summed E-state index contributed by atoms with van der Waals surface area (Å²) >= 11 is 0. The molecule has 0 radical (unpaired) electrons. The van der Waals surface area contributed by atoms with Crippen LogP contribution in [0.1, 0.15) is 46.2 Å². The summed E-state index contributed by atoms with van der Waals surface area (Å²) in [6.45, 7) is 8.08. The van der Waals surface area contributed by atoms with E-state index in [0.29, 0.717) is 11.5 Å². The molecule has 0 bridgehead atoms. The van der Waals surface area contributed by atoms with E-state index in [4.69, 9.17) is 0 Å². The Morgan fingerprint density at radius 2 is 1.33 bits per heavy atom. The summed E-state index contributed by atoms with van der Waals surface area (Å²) in [6, 6.07) is 8.12. The Bertz CT molecular complexity index is 916. The van der Waals surface area contributed by atoms with Crippen LogP contribution in [0.2, 0.25) is 0 Å². The minimum Gasteiger partial charge on any atom is -0.507 e. The predicted octanol–water partition coefficient (Wildman–Crippen LogP) is 6.02. The molecule has 3 rings (SSSR count). The van der Waals surface area contributed by atoms with Gasteiger partial charge in [-0.2, -0.15) is 0 Å². The van der Waals surface area contributed by atoms with Crippen molar-refractivity contribution in [1.29, 1.82) is 0 Å². The zero-order valence-electron chi connectivity index (χ0n) is 16.5. The Balaban J connectivity index is 2.29. The summed E-state index contributed by atoms with van der Waals surface area (Å²) in [6.07, 6.45) is 13.1. The van der Waals surface area contributed by atoms with Gasteiger partial charge in [0.15, 0.2) is 0 Å². The lowest BCUT2D eigenvalue weighted by Crippen LogP contribution is -2.13. The number of benzene rings is 2. The number of hydrogen-bond acceptors (Lipinski definition) is 2. The highest BCUT2D eigenvalue weighted by molar-refractivity contribution is 5.55. The third-order valence-electron chi connectivity index (χ3n) is 5.27. The first kappa shape index (κ1) is 19.0. The molecule has 0 amide bonds. The lowest BCUT2D eigenvalue weighted by atomic mass is 9.77. The van der Waals surface area contributed by atoms with E-state index < -0.39 is 0 Å². The van der Waals surface area contributed by atoms with Crippen LogP contribution in [-0.4, -0.2) is 10.2 Å². The molecule has 0 fully saturated rings. The summed E-state index contributed by atoms with van der Waals surface area (Å²) in [5, 5.41) is 21.9. The Hall–Kier alpha value is -2.74. The van der Waals surface area contributed by atoms with Crippen molar-refractivity contribution in [2.75, 3.05) is 0 Å². The van der Waals surface area contributed by atoms with Crippen LogP contribution in [0.25, 0.3) is 0 Å². The lowest BCUT2D eigenvalue weighted by Gasteiger charge is -2.27. The average Bonchev–Trinajstić information content (AvgIpc) is 2.91. The van der Waals surface area contributed by atoms with Gasteiger partial charge in [0.1, 0.15) is 11.5 Å². The van der Waals surface area contributed by atoms with E-state index in [1.54, 1.807) is 0 Å². The monoisotopic (exact) mass is 360 g/mol. The van der Waals surface area contributed by atoms with Gasteiger partial charge < -0.3 is 10.2 Å². The Labute approximate surface area is 162 Å². The van der Waals surface area contributed by atoms with Gasteiger partial charge in [-0.15, -0.1) is 0 Å². The van der Waals surface area contributed by atoms with Crippen molar-refractivity contribution < 1.29 is 10.2 Å². The standard InChI is InChI=1S/C25H28O2/c1-5-19-13-17(3)15-22(25(19)27)23(20-10-8-6-7-9-11-20)21-14-16(2)12-18(4)24(21)26/h6-15,20,23,26-27H,5H2,1-4H3. The Morgan fingerprint density at radius 3 is 1.93 bits per heavy atom. The van der Waals surface area contributed by atoms with Gasteiger partial charge in [0, 0.05) is 23.0 Å². The molecule has 27 heavy (non-hydrogen) atoms. The first-order valence-electron chi connectivity index (χ1n) is 9.56. The molecular formula is C25H28O2. The molecule has 0 heterocycles. The van der Waals surface area contributed by atoms with Crippen molar-refractivity contribution in [2.24, 2.45) is 5.92 Å². The number of aromatic hydroxyl groups is 2. The Morgan fingerprint density at radius 1 is 0.778 bits per heavy atom. The van der Waals surface area contributed by atoms with Crippen LogP contribution < -0.4 is 0 Å². The first-order valence-corrected chi connectivity index (χ1v) is 9.56. The van der Waals surface area contributed by atoms with Crippen molar-refractivity contribution in [3.63, 3.8) is 0 Å². The Kier molecular flexibility index (Phi) is 5.55. The van der Waals surface area contributed by atoms with Crippen LogP contribution in [0, 0.1) is 26.7 Å². The van der Waals surface area contributed by atoms with Crippen LogP contribution in [0.5, 0.6) is 11.5 Å². The van der Waals surface area contributed by atoms with Gasteiger partial charge in [-0.1, -0.05) is 78.8 Å². The fraction of sp³-hybridized carbons (Fsp3) is 0.280.